The first-order valence-electron chi connectivity index (χ1n) is 6.64. The molecule has 1 aliphatic rings. The molecule has 1 saturated carbocycles. The first kappa shape index (κ1) is 13.2. The lowest BCUT2D eigenvalue weighted by Crippen LogP contribution is -2.54. The van der Waals surface area contributed by atoms with Crippen molar-refractivity contribution in [1.82, 2.24) is 9.78 Å². The predicted octanol–water partition coefficient (Wildman–Crippen LogP) is 2.71. The maximum atomic E-state index is 13.3. The molecule has 0 aliphatic heterocycles. The van der Waals surface area contributed by atoms with E-state index >= 15 is 0 Å². The van der Waals surface area contributed by atoms with Crippen LogP contribution >= 0.6 is 0 Å². The van der Waals surface area contributed by atoms with Crippen molar-refractivity contribution in [2.75, 3.05) is 6.54 Å². The van der Waals surface area contributed by atoms with Crippen LogP contribution in [0.5, 0.6) is 0 Å². The minimum atomic E-state index is -2.60. The largest absolute Gasteiger partial charge is 0.330 e. The Labute approximate surface area is 116 Å². The third kappa shape index (κ3) is 2.02. The van der Waals surface area contributed by atoms with Crippen LogP contribution in [0, 0.1) is 0 Å². The Balaban J connectivity index is 1.98. The highest BCUT2D eigenvalue weighted by molar-refractivity contribution is 5.59. The smallest absolute Gasteiger partial charge is 0.250 e. The number of alkyl halides is 2. The fourth-order valence-electron chi connectivity index (χ4n) is 3.08. The molecule has 0 atom stereocenters. The summed E-state index contributed by atoms with van der Waals surface area (Å²) in [6.45, 7) is 0.219. The van der Waals surface area contributed by atoms with Crippen molar-refractivity contribution < 1.29 is 8.78 Å². The molecule has 0 saturated heterocycles. The standard InChI is InChI=1S/C15H17F2N3/c1-20-13(14(10-18)8-15(16,17)9-14)7-12(19-20)11-5-3-2-4-6-11/h2-7H,8-10,18H2,1H3. The molecule has 0 bridgehead atoms. The average Bonchev–Trinajstić information content (AvgIpc) is 2.79. The van der Waals surface area contributed by atoms with Crippen molar-refractivity contribution in [3.05, 3.63) is 42.1 Å². The topological polar surface area (TPSA) is 43.8 Å². The summed E-state index contributed by atoms with van der Waals surface area (Å²) >= 11 is 0. The molecular weight excluding hydrogens is 260 g/mol. The summed E-state index contributed by atoms with van der Waals surface area (Å²) in [5.41, 5.74) is 7.70. The Morgan fingerprint density at radius 1 is 1.25 bits per heavy atom. The molecule has 0 radical (unpaired) electrons. The Morgan fingerprint density at radius 2 is 1.90 bits per heavy atom. The highest BCUT2D eigenvalue weighted by Crippen LogP contribution is 2.53. The highest BCUT2D eigenvalue weighted by Gasteiger charge is 2.57. The fraction of sp³-hybridized carbons (Fsp3) is 0.400. The third-order valence-electron chi connectivity index (χ3n) is 4.08. The molecule has 1 aromatic heterocycles. The number of aryl methyl sites for hydroxylation is 1. The maximum Gasteiger partial charge on any atom is 0.250 e. The van der Waals surface area contributed by atoms with Gasteiger partial charge in [-0.05, 0) is 6.07 Å². The summed E-state index contributed by atoms with van der Waals surface area (Å²) in [7, 11) is 1.79. The van der Waals surface area contributed by atoms with Crippen LogP contribution in [0.15, 0.2) is 36.4 Å². The second kappa shape index (κ2) is 4.38. The van der Waals surface area contributed by atoms with Crippen molar-refractivity contribution in [3.63, 3.8) is 0 Å². The SMILES string of the molecule is Cn1nc(-c2ccccc2)cc1C1(CN)CC(F)(F)C1. The second-order valence-corrected chi connectivity index (χ2v) is 5.60. The molecule has 1 heterocycles. The lowest BCUT2D eigenvalue weighted by Gasteiger charge is -2.46. The average molecular weight is 277 g/mol. The molecule has 0 spiro atoms. The Kier molecular flexibility index (Phi) is 2.90. The van der Waals surface area contributed by atoms with Crippen molar-refractivity contribution in [2.24, 2.45) is 12.8 Å². The summed E-state index contributed by atoms with van der Waals surface area (Å²) < 4.78 is 28.2. The van der Waals surface area contributed by atoms with Gasteiger partial charge >= 0.3 is 0 Å². The van der Waals surface area contributed by atoms with Gasteiger partial charge in [0.05, 0.1) is 5.69 Å². The van der Waals surface area contributed by atoms with E-state index in [1.807, 2.05) is 36.4 Å². The molecule has 106 valence electrons. The number of nitrogens with zero attached hydrogens (tertiary/aromatic N) is 2. The van der Waals surface area contributed by atoms with Crippen molar-refractivity contribution >= 4 is 0 Å². The van der Waals surface area contributed by atoms with Crippen molar-refractivity contribution in [3.8, 4) is 11.3 Å². The molecule has 1 aliphatic carbocycles. The van der Waals surface area contributed by atoms with Crippen LogP contribution in [0.4, 0.5) is 8.78 Å². The number of nitrogens with two attached hydrogens (primary N) is 1. The molecule has 3 nitrogen and oxygen atoms in total. The van der Waals surface area contributed by atoms with Crippen LogP contribution in [0.25, 0.3) is 11.3 Å². The Bertz CT molecular complexity index is 611. The highest BCUT2D eigenvalue weighted by atomic mass is 19.3. The van der Waals surface area contributed by atoms with Crippen LogP contribution < -0.4 is 5.73 Å². The van der Waals surface area contributed by atoms with Gasteiger partial charge in [0.1, 0.15) is 0 Å². The lowest BCUT2D eigenvalue weighted by atomic mass is 9.64. The Morgan fingerprint density at radius 3 is 2.45 bits per heavy atom. The molecule has 5 heteroatoms. The number of aromatic nitrogens is 2. The van der Waals surface area contributed by atoms with Gasteiger partial charge in [-0.15, -0.1) is 0 Å². The fourth-order valence-corrected chi connectivity index (χ4v) is 3.08. The van der Waals surface area contributed by atoms with Gasteiger partial charge in [-0.25, -0.2) is 8.78 Å². The zero-order valence-corrected chi connectivity index (χ0v) is 11.3. The van der Waals surface area contributed by atoms with Gasteiger partial charge in [0.25, 0.3) is 0 Å². The monoisotopic (exact) mass is 277 g/mol. The van der Waals surface area contributed by atoms with E-state index in [1.165, 1.54) is 0 Å². The van der Waals surface area contributed by atoms with Crippen LogP contribution in [-0.4, -0.2) is 22.2 Å². The van der Waals surface area contributed by atoms with Gasteiger partial charge in [0.15, 0.2) is 0 Å². The van der Waals surface area contributed by atoms with Crippen molar-refractivity contribution in [1.29, 1.82) is 0 Å². The van der Waals surface area contributed by atoms with Gasteiger partial charge in [0, 0.05) is 43.1 Å². The minimum Gasteiger partial charge on any atom is -0.330 e. The van der Waals surface area contributed by atoms with Gasteiger partial charge in [0.2, 0.25) is 5.92 Å². The number of hydrogen-bond acceptors (Lipinski definition) is 2. The van der Waals surface area contributed by atoms with E-state index in [4.69, 9.17) is 5.73 Å². The molecule has 3 rings (SSSR count). The molecule has 0 amide bonds. The maximum absolute atomic E-state index is 13.3. The number of halogens is 2. The summed E-state index contributed by atoms with van der Waals surface area (Å²) in [5.74, 6) is -2.60. The Hall–Kier alpha value is -1.75. The second-order valence-electron chi connectivity index (χ2n) is 5.60. The number of benzene rings is 1. The van der Waals surface area contributed by atoms with E-state index in [1.54, 1.807) is 11.7 Å². The lowest BCUT2D eigenvalue weighted by molar-refractivity contribution is -0.125. The van der Waals surface area contributed by atoms with Gasteiger partial charge < -0.3 is 5.73 Å². The summed E-state index contributed by atoms with van der Waals surface area (Å²) in [4.78, 5) is 0. The quantitative estimate of drug-likeness (QED) is 0.937. The first-order chi connectivity index (χ1) is 9.46. The van der Waals surface area contributed by atoms with Crippen LogP contribution in [0.3, 0.4) is 0 Å². The predicted molar refractivity (Wildman–Crippen MR) is 73.6 cm³/mol. The molecule has 1 fully saturated rings. The molecule has 0 unspecified atom stereocenters. The molecule has 1 aromatic carbocycles. The van der Waals surface area contributed by atoms with E-state index < -0.39 is 11.3 Å². The summed E-state index contributed by atoms with van der Waals surface area (Å²) in [5, 5.41) is 4.44. The number of rotatable bonds is 3. The van der Waals surface area contributed by atoms with Gasteiger partial charge in [-0.3, -0.25) is 4.68 Å². The van der Waals surface area contributed by atoms with Gasteiger partial charge in [-0.2, -0.15) is 5.10 Å². The normalized spacial score (nSPS) is 19.6. The van der Waals surface area contributed by atoms with Crippen LogP contribution in [0.2, 0.25) is 0 Å². The van der Waals surface area contributed by atoms with E-state index in [0.717, 1.165) is 17.0 Å². The summed E-state index contributed by atoms with van der Waals surface area (Å²) in [6, 6.07) is 11.6. The molecular formula is C15H17F2N3. The van der Waals surface area contributed by atoms with Gasteiger partial charge in [-0.1, -0.05) is 30.3 Å². The zero-order valence-electron chi connectivity index (χ0n) is 11.3. The summed E-state index contributed by atoms with van der Waals surface area (Å²) in [6.07, 6.45) is -0.380. The van der Waals surface area contributed by atoms with Crippen LogP contribution in [-0.2, 0) is 12.5 Å². The first-order valence-corrected chi connectivity index (χ1v) is 6.64. The minimum absolute atomic E-state index is 0.190. The van der Waals surface area contributed by atoms with E-state index in [0.29, 0.717) is 0 Å². The number of hydrogen-bond donors (Lipinski definition) is 1. The molecule has 2 aromatic rings. The third-order valence-corrected chi connectivity index (χ3v) is 4.08. The van der Waals surface area contributed by atoms with Crippen molar-refractivity contribution in [2.45, 2.75) is 24.2 Å². The van der Waals surface area contributed by atoms with E-state index in [-0.39, 0.29) is 19.4 Å². The molecule has 20 heavy (non-hydrogen) atoms. The molecule has 2 N–H and O–H groups in total. The van der Waals surface area contributed by atoms with E-state index in [9.17, 15) is 8.78 Å². The zero-order chi connectivity index (χ0) is 14.4. The van der Waals surface area contributed by atoms with E-state index in [2.05, 4.69) is 5.10 Å². The van der Waals surface area contributed by atoms with Crippen LogP contribution in [0.1, 0.15) is 18.5 Å².